The number of rotatable bonds is 2. The molecule has 0 bridgehead atoms. The van der Waals surface area contributed by atoms with Gasteiger partial charge in [0.1, 0.15) is 18.3 Å². The van der Waals surface area contributed by atoms with Crippen molar-refractivity contribution in [2.24, 2.45) is 0 Å². The van der Waals surface area contributed by atoms with Crippen molar-refractivity contribution >= 4 is 12.6 Å². The average molecular weight is 196 g/mol. The molecular weight excluding hydrogens is 184 g/mol. The molecule has 12 heavy (non-hydrogen) atoms. The maximum atomic E-state index is 9.23. The summed E-state index contributed by atoms with van der Waals surface area (Å²) in [6.07, 6.45) is -4.75. The van der Waals surface area contributed by atoms with Gasteiger partial charge < -0.3 is 25.2 Å². The summed E-state index contributed by atoms with van der Waals surface area (Å²) in [5.41, 5.74) is 0. The molecule has 0 aromatic rings. The van der Waals surface area contributed by atoms with E-state index in [1.807, 2.05) is 0 Å². The molecule has 6 heteroatoms. The van der Waals surface area contributed by atoms with E-state index in [1.54, 1.807) is 0 Å². The summed E-state index contributed by atoms with van der Waals surface area (Å²) in [7, 11) is 0. The zero-order valence-corrected chi connectivity index (χ0v) is 7.13. The largest absolute Gasteiger partial charge is 0.395 e. The molecule has 1 rings (SSSR count). The third-order valence-corrected chi connectivity index (χ3v) is 2.30. The Labute approximate surface area is 75.0 Å². The Kier molecular flexibility index (Phi) is 3.33. The zero-order chi connectivity index (χ0) is 9.30. The summed E-state index contributed by atoms with van der Waals surface area (Å²) in [5, 5.41) is 35.3. The molecule has 0 aromatic carbocycles. The van der Waals surface area contributed by atoms with Gasteiger partial charge in [0.25, 0.3) is 0 Å². The molecule has 72 valence electrons. The summed E-state index contributed by atoms with van der Waals surface area (Å²) in [6, 6.07) is 0. The van der Waals surface area contributed by atoms with Gasteiger partial charge in [-0.15, -0.1) is 0 Å². The fourth-order valence-electron chi connectivity index (χ4n) is 1.11. The lowest BCUT2D eigenvalue weighted by Gasteiger charge is -2.18. The maximum Gasteiger partial charge on any atom is 0.184 e. The Hall–Kier alpha value is 0.150. The first-order chi connectivity index (χ1) is 5.57. The lowest BCUT2D eigenvalue weighted by Crippen LogP contribution is -2.38. The summed E-state index contributed by atoms with van der Waals surface area (Å²) in [4.78, 5) is 0. The number of thiol groups is 1. The van der Waals surface area contributed by atoms with Gasteiger partial charge in [0, 0.05) is 0 Å². The molecule has 0 amide bonds. The van der Waals surface area contributed by atoms with Crippen LogP contribution in [0.1, 0.15) is 0 Å². The van der Waals surface area contributed by atoms with Gasteiger partial charge in [-0.05, 0) is 0 Å². The highest BCUT2D eigenvalue weighted by molar-refractivity contribution is 7.81. The number of aliphatic hydroxyl groups excluding tert-OH is 4. The van der Waals surface area contributed by atoms with E-state index in [-0.39, 0.29) is 6.61 Å². The van der Waals surface area contributed by atoms with Crippen LogP contribution in [-0.4, -0.2) is 56.9 Å². The number of ether oxygens (including phenoxy) is 1. The Bertz CT molecular complexity index is 155. The van der Waals surface area contributed by atoms with Crippen molar-refractivity contribution in [3.63, 3.8) is 0 Å². The van der Waals surface area contributed by atoms with Crippen molar-refractivity contribution in [2.75, 3.05) is 6.61 Å². The van der Waals surface area contributed by atoms with Gasteiger partial charge in [0.05, 0.1) is 11.9 Å². The minimum Gasteiger partial charge on any atom is -0.395 e. The minimum atomic E-state index is -1.40. The summed E-state index contributed by atoms with van der Waals surface area (Å²) < 4.78 is 4.76. The highest BCUT2D eigenvalue weighted by Gasteiger charge is 2.44. The van der Waals surface area contributed by atoms with Gasteiger partial charge in [0.2, 0.25) is 0 Å². The Balaban J connectivity index is 2.58. The van der Waals surface area contributed by atoms with Crippen molar-refractivity contribution in [3.8, 4) is 0 Å². The Morgan fingerprint density at radius 3 is 2.17 bits per heavy atom. The molecule has 0 radical (unpaired) electrons. The van der Waals surface area contributed by atoms with Gasteiger partial charge in [-0.2, -0.15) is 12.6 Å². The molecule has 0 unspecified atom stereocenters. The first-order valence-electron chi connectivity index (χ1n) is 3.56. The average Bonchev–Trinajstić information content (AvgIpc) is 2.32. The molecule has 0 spiro atoms. The second-order valence-electron chi connectivity index (χ2n) is 2.72. The SMILES string of the molecule is OC[C@@H](S)[C@H]1O[C@H](O)[C@H](O)[C@H]1O. The number of hydrogen-bond donors (Lipinski definition) is 5. The van der Waals surface area contributed by atoms with Crippen LogP contribution < -0.4 is 0 Å². The minimum absolute atomic E-state index is 0.287. The lowest BCUT2D eigenvalue weighted by molar-refractivity contribution is -0.127. The van der Waals surface area contributed by atoms with Crippen LogP contribution >= 0.6 is 12.6 Å². The zero-order valence-electron chi connectivity index (χ0n) is 6.24. The molecule has 5 nitrogen and oxygen atoms in total. The van der Waals surface area contributed by atoms with E-state index >= 15 is 0 Å². The van der Waals surface area contributed by atoms with Gasteiger partial charge in [0.15, 0.2) is 6.29 Å². The fraction of sp³-hybridized carbons (Fsp3) is 1.00. The van der Waals surface area contributed by atoms with E-state index in [0.29, 0.717) is 0 Å². The monoisotopic (exact) mass is 196 g/mol. The molecule has 1 aliphatic rings. The highest BCUT2D eigenvalue weighted by Crippen LogP contribution is 2.24. The summed E-state index contributed by atoms with van der Waals surface area (Å²) in [5.74, 6) is 0. The molecule has 1 heterocycles. The molecule has 1 aliphatic heterocycles. The van der Waals surface area contributed by atoms with Crippen molar-refractivity contribution in [1.82, 2.24) is 0 Å². The third-order valence-electron chi connectivity index (χ3n) is 1.84. The third kappa shape index (κ3) is 1.73. The highest BCUT2D eigenvalue weighted by atomic mass is 32.1. The molecule has 0 saturated carbocycles. The van der Waals surface area contributed by atoms with Gasteiger partial charge in [-0.3, -0.25) is 0 Å². The normalized spacial score (nSPS) is 44.8. The molecule has 1 saturated heterocycles. The predicted molar refractivity (Wildman–Crippen MR) is 42.8 cm³/mol. The number of aliphatic hydroxyl groups is 4. The Morgan fingerprint density at radius 1 is 1.25 bits per heavy atom. The molecule has 0 aliphatic carbocycles. The van der Waals surface area contributed by atoms with Crippen LogP contribution in [0, 0.1) is 0 Å². The van der Waals surface area contributed by atoms with Crippen LogP contribution in [0.15, 0.2) is 0 Å². The fourth-order valence-corrected chi connectivity index (χ4v) is 1.35. The second kappa shape index (κ2) is 3.91. The molecule has 4 N–H and O–H groups in total. The molecular formula is C6H12O5S. The van der Waals surface area contributed by atoms with Crippen LogP contribution in [0.25, 0.3) is 0 Å². The van der Waals surface area contributed by atoms with E-state index in [0.717, 1.165) is 0 Å². The van der Waals surface area contributed by atoms with Crippen molar-refractivity contribution in [1.29, 1.82) is 0 Å². The predicted octanol–water partition coefficient (Wildman–Crippen LogP) is -2.28. The Morgan fingerprint density at radius 2 is 1.83 bits per heavy atom. The van der Waals surface area contributed by atoms with Gasteiger partial charge in [-0.1, -0.05) is 0 Å². The molecule has 0 aromatic heterocycles. The first-order valence-corrected chi connectivity index (χ1v) is 4.08. The molecule has 1 fully saturated rings. The van der Waals surface area contributed by atoms with Crippen molar-refractivity contribution in [2.45, 2.75) is 29.9 Å². The smallest absolute Gasteiger partial charge is 0.184 e. The summed E-state index contributed by atoms with van der Waals surface area (Å²) in [6.45, 7) is -0.287. The maximum absolute atomic E-state index is 9.23. The topological polar surface area (TPSA) is 90.2 Å². The van der Waals surface area contributed by atoms with Gasteiger partial charge >= 0.3 is 0 Å². The second-order valence-corrected chi connectivity index (χ2v) is 3.39. The van der Waals surface area contributed by atoms with Gasteiger partial charge in [-0.25, -0.2) is 0 Å². The van der Waals surface area contributed by atoms with Crippen LogP contribution in [0.4, 0.5) is 0 Å². The van der Waals surface area contributed by atoms with E-state index in [1.165, 1.54) is 0 Å². The lowest BCUT2D eigenvalue weighted by atomic mass is 10.1. The quantitative estimate of drug-likeness (QED) is 0.321. The van der Waals surface area contributed by atoms with E-state index in [9.17, 15) is 5.11 Å². The van der Waals surface area contributed by atoms with Crippen LogP contribution in [0.2, 0.25) is 0 Å². The number of hydrogen-bond acceptors (Lipinski definition) is 6. The van der Waals surface area contributed by atoms with E-state index in [2.05, 4.69) is 12.6 Å². The van der Waals surface area contributed by atoms with Crippen molar-refractivity contribution in [3.05, 3.63) is 0 Å². The molecule has 5 atom stereocenters. The van der Waals surface area contributed by atoms with Crippen molar-refractivity contribution < 1.29 is 25.2 Å². The standard InChI is InChI=1S/C6H12O5S/c7-1-2(12)5-3(8)4(9)6(10)11-5/h2-10,12H,1H2/t2-,3-,4-,5-,6+/m1/s1. The first kappa shape index (κ1) is 10.2. The van der Waals surface area contributed by atoms with Crippen LogP contribution in [0.5, 0.6) is 0 Å². The van der Waals surface area contributed by atoms with E-state index in [4.69, 9.17) is 20.1 Å². The van der Waals surface area contributed by atoms with Crippen LogP contribution in [-0.2, 0) is 4.74 Å². The summed E-state index contributed by atoms with van der Waals surface area (Å²) >= 11 is 3.91. The van der Waals surface area contributed by atoms with Crippen LogP contribution in [0.3, 0.4) is 0 Å². The van der Waals surface area contributed by atoms with E-state index < -0.39 is 29.9 Å².